The Morgan fingerprint density at radius 2 is 2.05 bits per heavy atom. The van der Waals surface area contributed by atoms with Crippen LogP contribution in [-0.4, -0.2) is 21.5 Å². The zero-order valence-corrected chi connectivity index (χ0v) is 12.3. The second-order valence-electron chi connectivity index (χ2n) is 4.78. The van der Waals surface area contributed by atoms with Gasteiger partial charge in [-0.2, -0.15) is 0 Å². The fourth-order valence-corrected chi connectivity index (χ4v) is 5.39. The number of benzene rings is 1. The van der Waals surface area contributed by atoms with E-state index >= 15 is 0 Å². The van der Waals surface area contributed by atoms with Crippen molar-refractivity contribution < 1.29 is 8.42 Å². The Hall–Kier alpha value is -0.950. The minimum atomic E-state index is -3.41. The van der Waals surface area contributed by atoms with E-state index in [0.717, 1.165) is 27.8 Å². The third kappa shape index (κ3) is 2.53. The van der Waals surface area contributed by atoms with Crippen molar-refractivity contribution in [1.29, 1.82) is 0 Å². The molecule has 1 aromatic carbocycles. The quantitative estimate of drug-likeness (QED) is 0.888. The second-order valence-corrected chi connectivity index (χ2v) is 7.56. The van der Waals surface area contributed by atoms with Gasteiger partial charge in [-0.1, -0.05) is 18.2 Å². The normalized spacial score (nSPS) is 16.1. The number of sulfonamides is 1. The van der Waals surface area contributed by atoms with Crippen molar-refractivity contribution in [2.24, 2.45) is 0 Å². The molecule has 19 heavy (non-hydrogen) atoms. The maximum atomic E-state index is 12.5. The Labute approximate surface area is 116 Å². The maximum absolute atomic E-state index is 12.5. The molecule has 1 aliphatic rings. The number of nitrogens with one attached hydrogen (secondary N) is 2. The number of hydrogen-bond acceptors (Lipinski definition) is 4. The van der Waals surface area contributed by atoms with Crippen LogP contribution >= 0.6 is 11.3 Å². The minimum absolute atomic E-state index is 0.131. The molecule has 2 N–H and O–H groups in total. The molecule has 3 rings (SSSR count). The fraction of sp³-hybridized carbons (Fsp3) is 0.385. The zero-order valence-electron chi connectivity index (χ0n) is 10.6. The van der Waals surface area contributed by atoms with E-state index in [-0.39, 0.29) is 6.04 Å². The van der Waals surface area contributed by atoms with E-state index in [2.05, 4.69) is 10.0 Å². The molecule has 1 heterocycles. The van der Waals surface area contributed by atoms with E-state index in [1.807, 2.05) is 31.3 Å². The van der Waals surface area contributed by atoms with E-state index in [0.29, 0.717) is 11.4 Å². The van der Waals surface area contributed by atoms with E-state index < -0.39 is 10.0 Å². The summed E-state index contributed by atoms with van der Waals surface area (Å²) in [5.74, 6) is 0. The summed E-state index contributed by atoms with van der Waals surface area (Å²) in [6.07, 6.45) is 1.89. The second kappa shape index (κ2) is 4.86. The van der Waals surface area contributed by atoms with Gasteiger partial charge in [0.05, 0.1) is 0 Å². The highest BCUT2D eigenvalue weighted by molar-refractivity contribution is 7.90. The van der Waals surface area contributed by atoms with Crippen molar-refractivity contribution in [1.82, 2.24) is 10.0 Å². The fourth-order valence-electron chi connectivity index (χ4n) is 2.12. The molecule has 1 aromatic heterocycles. The molecule has 1 saturated carbocycles. The highest BCUT2D eigenvalue weighted by Gasteiger charge is 2.31. The number of fused-ring (bicyclic) bond motifs is 1. The van der Waals surface area contributed by atoms with E-state index in [1.54, 1.807) is 11.3 Å². The first-order valence-electron chi connectivity index (χ1n) is 6.29. The lowest BCUT2D eigenvalue weighted by molar-refractivity contribution is 0.581. The zero-order chi connectivity index (χ0) is 13.5. The van der Waals surface area contributed by atoms with Gasteiger partial charge in [-0.25, -0.2) is 13.1 Å². The molecule has 102 valence electrons. The summed E-state index contributed by atoms with van der Waals surface area (Å²) < 4.78 is 28.8. The van der Waals surface area contributed by atoms with Crippen molar-refractivity contribution in [2.75, 3.05) is 7.05 Å². The van der Waals surface area contributed by atoms with Crippen LogP contribution in [0, 0.1) is 0 Å². The van der Waals surface area contributed by atoms with Crippen molar-refractivity contribution >= 4 is 31.4 Å². The molecule has 0 unspecified atom stereocenters. The van der Waals surface area contributed by atoms with Crippen LogP contribution in [0.2, 0.25) is 0 Å². The predicted octanol–water partition coefficient (Wildman–Crippen LogP) is 2.06. The average molecular weight is 296 g/mol. The first-order valence-corrected chi connectivity index (χ1v) is 8.59. The van der Waals surface area contributed by atoms with Crippen molar-refractivity contribution in [3.8, 4) is 0 Å². The molecule has 1 aliphatic carbocycles. The third-order valence-corrected chi connectivity index (χ3v) is 6.07. The Morgan fingerprint density at radius 1 is 1.32 bits per heavy atom. The Bertz CT molecular complexity index is 703. The van der Waals surface area contributed by atoms with Gasteiger partial charge >= 0.3 is 0 Å². The smallest absolute Gasteiger partial charge is 0.242 e. The van der Waals surface area contributed by atoms with Crippen LogP contribution in [0.5, 0.6) is 0 Å². The topological polar surface area (TPSA) is 58.2 Å². The maximum Gasteiger partial charge on any atom is 0.242 e. The van der Waals surface area contributed by atoms with Gasteiger partial charge in [0.15, 0.2) is 0 Å². The molecular formula is C13H16N2O2S2. The minimum Gasteiger partial charge on any atom is -0.315 e. The summed E-state index contributed by atoms with van der Waals surface area (Å²) in [4.78, 5) is 1.33. The Kier molecular flexibility index (Phi) is 3.34. The molecule has 0 saturated heterocycles. The van der Waals surface area contributed by atoms with Crippen molar-refractivity contribution in [3.63, 3.8) is 0 Å². The number of rotatable bonds is 5. The first kappa shape index (κ1) is 13.1. The van der Waals surface area contributed by atoms with Gasteiger partial charge in [-0.15, -0.1) is 11.3 Å². The molecule has 0 bridgehead atoms. The SMILES string of the molecule is CNCc1sc2ccccc2c1S(=O)(=O)NC1CC1. The van der Waals surface area contributed by atoms with Gasteiger partial charge in [0.2, 0.25) is 10.0 Å². The average Bonchev–Trinajstić information content (AvgIpc) is 3.07. The molecule has 0 spiro atoms. The lowest BCUT2D eigenvalue weighted by Gasteiger charge is -2.07. The van der Waals surface area contributed by atoms with Crippen LogP contribution in [-0.2, 0) is 16.6 Å². The Morgan fingerprint density at radius 3 is 2.74 bits per heavy atom. The summed E-state index contributed by atoms with van der Waals surface area (Å²) in [7, 11) is -1.58. The standard InChI is InChI=1S/C13H16N2O2S2/c1-14-8-12-13(19(16,17)15-9-6-7-9)10-4-2-3-5-11(10)18-12/h2-5,9,14-15H,6-8H2,1H3. The molecule has 1 fully saturated rings. The van der Waals surface area contributed by atoms with Gasteiger partial charge in [-0.3, -0.25) is 0 Å². The van der Waals surface area contributed by atoms with Gasteiger partial charge < -0.3 is 5.32 Å². The predicted molar refractivity (Wildman–Crippen MR) is 77.9 cm³/mol. The van der Waals surface area contributed by atoms with E-state index in [4.69, 9.17) is 0 Å². The van der Waals surface area contributed by atoms with E-state index in [1.165, 1.54) is 0 Å². The summed E-state index contributed by atoms with van der Waals surface area (Å²) in [6, 6.07) is 7.80. The van der Waals surface area contributed by atoms with Crippen LogP contribution in [0.1, 0.15) is 17.7 Å². The molecule has 0 aliphatic heterocycles. The molecule has 2 aromatic rings. The van der Waals surface area contributed by atoms with E-state index in [9.17, 15) is 8.42 Å². The first-order chi connectivity index (χ1) is 9.12. The van der Waals surface area contributed by atoms with Crippen molar-refractivity contribution in [2.45, 2.75) is 30.3 Å². The summed E-state index contributed by atoms with van der Waals surface area (Å²) in [6.45, 7) is 0.570. The Balaban J connectivity index is 2.15. The molecule has 4 nitrogen and oxygen atoms in total. The molecule has 0 amide bonds. The van der Waals surface area contributed by atoms with Crippen molar-refractivity contribution in [3.05, 3.63) is 29.1 Å². The largest absolute Gasteiger partial charge is 0.315 e. The molecule has 0 atom stereocenters. The van der Waals surface area contributed by atoms with Crippen LogP contribution in [0.15, 0.2) is 29.2 Å². The molecule has 6 heteroatoms. The summed E-state index contributed by atoms with van der Waals surface area (Å²) >= 11 is 1.54. The summed E-state index contributed by atoms with van der Waals surface area (Å²) in [5.41, 5.74) is 0. The number of thiophene rings is 1. The molecular weight excluding hydrogens is 280 g/mol. The highest BCUT2D eigenvalue weighted by Crippen LogP contribution is 2.35. The van der Waals surface area contributed by atoms with Crippen LogP contribution in [0.4, 0.5) is 0 Å². The van der Waals surface area contributed by atoms with Gasteiger partial charge in [0.25, 0.3) is 0 Å². The lowest BCUT2D eigenvalue weighted by atomic mass is 10.2. The van der Waals surface area contributed by atoms with Gasteiger partial charge in [-0.05, 0) is 26.0 Å². The third-order valence-electron chi connectivity index (χ3n) is 3.12. The lowest BCUT2D eigenvalue weighted by Crippen LogP contribution is -2.26. The highest BCUT2D eigenvalue weighted by atomic mass is 32.2. The number of hydrogen-bond donors (Lipinski definition) is 2. The molecule has 0 radical (unpaired) electrons. The van der Waals surface area contributed by atoms with Crippen LogP contribution in [0.3, 0.4) is 0 Å². The monoisotopic (exact) mass is 296 g/mol. The van der Waals surface area contributed by atoms with Gasteiger partial charge in [0.1, 0.15) is 4.90 Å². The summed E-state index contributed by atoms with van der Waals surface area (Å²) in [5, 5.41) is 3.87. The van der Waals surface area contributed by atoms with Gasteiger partial charge in [0, 0.05) is 27.5 Å². The van der Waals surface area contributed by atoms with Crippen LogP contribution in [0.25, 0.3) is 10.1 Å². The van der Waals surface area contributed by atoms with Crippen LogP contribution < -0.4 is 10.0 Å².